The maximum Gasteiger partial charge on any atom is 0.222 e. The van der Waals surface area contributed by atoms with Crippen LogP contribution in [0.5, 0.6) is 17.5 Å². The van der Waals surface area contributed by atoms with E-state index in [1.54, 1.807) is 37.4 Å². The first kappa shape index (κ1) is 11.4. The zero-order valence-corrected chi connectivity index (χ0v) is 9.46. The fraction of sp³-hybridized carbons (Fsp3) is 0.154. The first-order valence-corrected chi connectivity index (χ1v) is 5.20. The van der Waals surface area contributed by atoms with E-state index in [1.165, 1.54) is 0 Å². The van der Waals surface area contributed by atoms with Crippen LogP contribution in [0.25, 0.3) is 0 Å². The van der Waals surface area contributed by atoms with Crippen LogP contribution in [0.1, 0.15) is 5.56 Å². The highest BCUT2D eigenvalue weighted by Crippen LogP contribution is 2.22. The minimum atomic E-state index is -0.0112. The molecular weight excluding hydrogens is 218 g/mol. The van der Waals surface area contributed by atoms with Crippen LogP contribution >= 0.6 is 0 Å². The van der Waals surface area contributed by atoms with Crippen LogP contribution in [0, 0.1) is 0 Å². The molecular formula is C13H13NO3. The molecule has 0 unspecified atom stereocenters. The molecule has 2 aromatic rings. The van der Waals surface area contributed by atoms with Gasteiger partial charge >= 0.3 is 0 Å². The fourth-order valence-electron chi connectivity index (χ4n) is 1.39. The highest BCUT2D eigenvalue weighted by molar-refractivity contribution is 5.32. The summed E-state index contributed by atoms with van der Waals surface area (Å²) in [6, 6.07) is 12.5. The number of rotatable bonds is 4. The SMILES string of the molecule is COc1cccc(Oc2cccc(CO)c2)n1. The number of aliphatic hydroxyl groups excluding tert-OH is 1. The van der Waals surface area contributed by atoms with Gasteiger partial charge in [0.25, 0.3) is 0 Å². The second-order valence-corrected chi connectivity index (χ2v) is 3.43. The molecule has 1 N–H and O–H groups in total. The molecule has 2 rings (SSSR count). The number of aliphatic hydroxyl groups is 1. The maximum atomic E-state index is 9.02. The van der Waals surface area contributed by atoms with Crippen molar-refractivity contribution in [1.82, 2.24) is 4.98 Å². The van der Waals surface area contributed by atoms with Crippen LogP contribution in [0.15, 0.2) is 42.5 Å². The van der Waals surface area contributed by atoms with Crippen molar-refractivity contribution in [3.63, 3.8) is 0 Å². The average Bonchev–Trinajstić information content (AvgIpc) is 2.39. The largest absolute Gasteiger partial charge is 0.481 e. The summed E-state index contributed by atoms with van der Waals surface area (Å²) in [5.74, 6) is 1.59. The zero-order chi connectivity index (χ0) is 12.1. The molecule has 0 saturated heterocycles. The van der Waals surface area contributed by atoms with Crippen molar-refractivity contribution >= 4 is 0 Å². The van der Waals surface area contributed by atoms with Gasteiger partial charge in [-0.15, -0.1) is 0 Å². The highest BCUT2D eigenvalue weighted by Gasteiger charge is 2.01. The molecule has 17 heavy (non-hydrogen) atoms. The Morgan fingerprint density at radius 3 is 2.65 bits per heavy atom. The third-order valence-electron chi connectivity index (χ3n) is 2.21. The fourth-order valence-corrected chi connectivity index (χ4v) is 1.39. The summed E-state index contributed by atoms with van der Waals surface area (Å²) in [4.78, 5) is 4.14. The summed E-state index contributed by atoms with van der Waals surface area (Å²) < 4.78 is 10.6. The van der Waals surface area contributed by atoms with Crippen LogP contribution < -0.4 is 9.47 Å². The normalized spacial score (nSPS) is 10.0. The molecule has 0 aliphatic heterocycles. The van der Waals surface area contributed by atoms with Crippen LogP contribution in [0.2, 0.25) is 0 Å². The number of hydrogen-bond acceptors (Lipinski definition) is 4. The maximum absolute atomic E-state index is 9.02. The van der Waals surface area contributed by atoms with Crippen molar-refractivity contribution in [2.75, 3.05) is 7.11 Å². The summed E-state index contributed by atoms with van der Waals surface area (Å²) >= 11 is 0. The number of benzene rings is 1. The number of methoxy groups -OCH3 is 1. The van der Waals surface area contributed by atoms with Crippen molar-refractivity contribution in [2.45, 2.75) is 6.61 Å². The van der Waals surface area contributed by atoms with Gasteiger partial charge in [0.1, 0.15) is 5.75 Å². The Kier molecular flexibility index (Phi) is 3.57. The second-order valence-electron chi connectivity index (χ2n) is 3.43. The van der Waals surface area contributed by atoms with Crippen LogP contribution in [0.4, 0.5) is 0 Å². The average molecular weight is 231 g/mol. The Labute approximate surface area is 99.5 Å². The van der Waals surface area contributed by atoms with Crippen molar-refractivity contribution in [1.29, 1.82) is 0 Å². The summed E-state index contributed by atoms with van der Waals surface area (Å²) in [7, 11) is 1.55. The van der Waals surface area contributed by atoms with E-state index < -0.39 is 0 Å². The summed E-state index contributed by atoms with van der Waals surface area (Å²) in [5, 5.41) is 9.02. The van der Waals surface area contributed by atoms with Gasteiger partial charge in [-0.05, 0) is 17.7 Å². The Bertz CT molecular complexity index is 454. The van der Waals surface area contributed by atoms with E-state index in [0.29, 0.717) is 17.5 Å². The summed E-state index contributed by atoms with van der Waals surface area (Å²) in [5.41, 5.74) is 0.797. The lowest BCUT2D eigenvalue weighted by atomic mass is 10.2. The van der Waals surface area contributed by atoms with Gasteiger partial charge < -0.3 is 14.6 Å². The van der Waals surface area contributed by atoms with Crippen LogP contribution in [-0.4, -0.2) is 17.2 Å². The third kappa shape index (κ3) is 2.95. The smallest absolute Gasteiger partial charge is 0.222 e. The molecule has 0 bridgehead atoms. The van der Waals surface area contributed by atoms with Gasteiger partial charge in [-0.3, -0.25) is 0 Å². The van der Waals surface area contributed by atoms with E-state index in [1.807, 2.05) is 12.1 Å². The number of nitrogens with zero attached hydrogens (tertiary/aromatic N) is 1. The Morgan fingerprint density at radius 2 is 1.88 bits per heavy atom. The molecule has 88 valence electrons. The van der Waals surface area contributed by atoms with Crippen molar-refractivity contribution in [3.05, 3.63) is 48.0 Å². The number of aromatic nitrogens is 1. The molecule has 0 atom stereocenters. The van der Waals surface area contributed by atoms with E-state index in [2.05, 4.69) is 4.98 Å². The first-order chi connectivity index (χ1) is 8.31. The van der Waals surface area contributed by atoms with E-state index in [0.717, 1.165) is 5.56 Å². The first-order valence-electron chi connectivity index (χ1n) is 5.20. The monoisotopic (exact) mass is 231 g/mol. The summed E-state index contributed by atoms with van der Waals surface area (Å²) in [6.07, 6.45) is 0. The molecule has 1 heterocycles. The number of hydrogen-bond donors (Lipinski definition) is 1. The molecule has 1 aromatic heterocycles. The Morgan fingerprint density at radius 1 is 1.12 bits per heavy atom. The molecule has 0 aliphatic carbocycles. The molecule has 0 aliphatic rings. The number of ether oxygens (including phenoxy) is 2. The molecule has 0 spiro atoms. The van der Waals surface area contributed by atoms with Gasteiger partial charge in [0.15, 0.2) is 0 Å². The Hall–Kier alpha value is -2.07. The van der Waals surface area contributed by atoms with E-state index in [4.69, 9.17) is 14.6 Å². The molecule has 0 fully saturated rings. The van der Waals surface area contributed by atoms with E-state index in [9.17, 15) is 0 Å². The minimum absolute atomic E-state index is 0.0112. The van der Waals surface area contributed by atoms with Gasteiger partial charge in [0.2, 0.25) is 11.8 Å². The van der Waals surface area contributed by atoms with Crippen LogP contribution in [0.3, 0.4) is 0 Å². The standard InChI is InChI=1S/C13H13NO3/c1-16-12-6-3-7-13(14-12)17-11-5-2-4-10(8-11)9-15/h2-8,15H,9H2,1H3. The lowest BCUT2D eigenvalue weighted by Gasteiger charge is -2.06. The van der Waals surface area contributed by atoms with Crippen molar-refractivity contribution < 1.29 is 14.6 Å². The lowest BCUT2D eigenvalue weighted by Crippen LogP contribution is -1.92. The van der Waals surface area contributed by atoms with Gasteiger partial charge in [0, 0.05) is 12.1 Å². The zero-order valence-electron chi connectivity index (χ0n) is 9.46. The predicted octanol–water partition coefficient (Wildman–Crippen LogP) is 2.37. The molecule has 0 saturated carbocycles. The molecule has 4 nitrogen and oxygen atoms in total. The van der Waals surface area contributed by atoms with Crippen LogP contribution in [-0.2, 0) is 6.61 Å². The van der Waals surface area contributed by atoms with E-state index in [-0.39, 0.29) is 6.61 Å². The van der Waals surface area contributed by atoms with Gasteiger partial charge in [-0.2, -0.15) is 4.98 Å². The minimum Gasteiger partial charge on any atom is -0.481 e. The molecule has 0 amide bonds. The molecule has 4 heteroatoms. The quantitative estimate of drug-likeness (QED) is 0.877. The lowest BCUT2D eigenvalue weighted by molar-refractivity contribution is 0.281. The predicted molar refractivity (Wildman–Crippen MR) is 63.2 cm³/mol. The van der Waals surface area contributed by atoms with Gasteiger partial charge in [-0.1, -0.05) is 18.2 Å². The second kappa shape index (κ2) is 5.32. The van der Waals surface area contributed by atoms with E-state index >= 15 is 0 Å². The highest BCUT2D eigenvalue weighted by atomic mass is 16.5. The topological polar surface area (TPSA) is 51.6 Å². The van der Waals surface area contributed by atoms with Gasteiger partial charge in [0.05, 0.1) is 13.7 Å². The third-order valence-corrected chi connectivity index (χ3v) is 2.21. The van der Waals surface area contributed by atoms with Crippen molar-refractivity contribution in [3.8, 4) is 17.5 Å². The number of pyridine rings is 1. The Balaban J connectivity index is 2.18. The van der Waals surface area contributed by atoms with Gasteiger partial charge in [-0.25, -0.2) is 0 Å². The van der Waals surface area contributed by atoms with Crippen molar-refractivity contribution in [2.24, 2.45) is 0 Å². The summed E-state index contributed by atoms with van der Waals surface area (Å²) in [6.45, 7) is -0.0112. The molecule has 0 radical (unpaired) electrons. The molecule has 1 aromatic carbocycles.